The van der Waals surface area contributed by atoms with Crippen molar-refractivity contribution >= 4 is 20.4 Å². The van der Waals surface area contributed by atoms with E-state index < -0.39 is 18.6 Å². The monoisotopic (exact) mass is 478 g/mol. The van der Waals surface area contributed by atoms with Crippen LogP contribution in [0.4, 0.5) is 0 Å². The summed E-state index contributed by atoms with van der Waals surface area (Å²) in [6, 6.07) is 7.05. The van der Waals surface area contributed by atoms with Gasteiger partial charge >= 0.3 is 139 Å². The normalized spacial score (nSPS) is 15.6. The molecule has 0 N–H and O–H groups in total. The van der Waals surface area contributed by atoms with E-state index in [-0.39, 0.29) is 0 Å². The van der Waals surface area contributed by atoms with Gasteiger partial charge in [-0.05, 0) is 0 Å². The van der Waals surface area contributed by atoms with Crippen LogP contribution in [0.25, 0.3) is 0 Å². The molecule has 0 spiro atoms. The van der Waals surface area contributed by atoms with Gasteiger partial charge in [0, 0.05) is 0 Å². The molecule has 1 saturated carbocycles. The molecule has 1 aromatic rings. The van der Waals surface area contributed by atoms with Crippen molar-refractivity contribution in [2.45, 2.75) is 58.8 Å². The molecule has 1 fully saturated rings. The fourth-order valence-corrected chi connectivity index (χ4v) is 10.5. The van der Waals surface area contributed by atoms with Crippen molar-refractivity contribution < 1.29 is 18.6 Å². The fraction of sp³-hybridized carbons (Fsp3) is 0.588. The summed E-state index contributed by atoms with van der Waals surface area (Å²) in [7, 11) is 13.0. The second kappa shape index (κ2) is 7.20. The van der Waals surface area contributed by atoms with E-state index in [2.05, 4.69) is 45.9 Å². The standard InChI is InChI=1S/C17H24.2ClH.Hf/c1-12(2)16-9-15(8-14-6-5-7-14)10-17(11-16)13(3)4;;;/h9-14H,5-7H2,1-4H3;2*1H;/q;;;+2/p-2. The van der Waals surface area contributed by atoms with E-state index in [4.69, 9.17) is 17.2 Å². The summed E-state index contributed by atoms with van der Waals surface area (Å²) < 4.78 is 1.45. The van der Waals surface area contributed by atoms with E-state index in [9.17, 15) is 0 Å². The van der Waals surface area contributed by atoms with Crippen LogP contribution in [0, 0.1) is 5.92 Å². The summed E-state index contributed by atoms with van der Waals surface area (Å²) in [4.78, 5) is 0. The quantitative estimate of drug-likeness (QED) is 0.454. The molecule has 1 aromatic carbocycles. The third kappa shape index (κ3) is 3.84. The first-order chi connectivity index (χ1) is 9.40. The van der Waals surface area contributed by atoms with Crippen molar-refractivity contribution in [1.82, 2.24) is 0 Å². The van der Waals surface area contributed by atoms with Gasteiger partial charge in [-0.15, -0.1) is 0 Å². The Bertz CT molecular complexity index is 483. The summed E-state index contributed by atoms with van der Waals surface area (Å²) in [6.45, 7) is 9.03. The van der Waals surface area contributed by atoms with Crippen LogP contribution in [-0.4, -0.2) is 3.26 Å². The van der Waals surface area contributed by atoms with Gasteiger partial charge in [0.25, 0.3) is 0 Å². The molecule has 3 heteroatoms. The molecular weight excluding hydrogens is 454 g/mol. The Morgan fingerprint density at radius 2 is 1.50 bits per heavy atom. The van der Waals surface area contributed by atoms with Gasteiger partial charge < -0.3 is 0 Å². The topological polar surface area (TPSA) is 0 Å². The van der Waals surface area contributed by atoms with Crippen LogP contribution < -0.4 is 0 Å². The third-order valence-electron chi connectivity index (χ3n) is 4.34. The van der Waals surface area contributed by atoms with E-state index in [1.165, 1.54) is 39.2 Å². The minimum absolute atomic E-state index is 0.551. The van der Waals surface area contributed by atoms with E-state index in [1.54, 1.807) is 0 Å². The Kier molecular flexibility index (Phi) is 6.09. The number of halogens is 2. The average Bonchev–Trinajstić information content (AvgIpc) is 2.32. The van der Waals surface area contributed by atoms with Gasteiger partial charge in [-0.2, -0.15) is 0 Å². The molecule has 0 aromatic heterocycles. The Labute approximate surface area is 138 Å². The van der Waals surface area contributed by atoms with E-state index in [0.29, 0.717) is 17.8 Å². The average molecular weight is 478 g/mol. The summed E-state index contributed by atoms with van der Waals surface area (Å²) in [6.07, 6.45) is 3.90. The molecule has 0 bridgehead atoms. The number of hydrogen-bond donors (Lipinski definition) is 0. The third-order valence-corrected chi connectivity index (χ3v) is 11.6. The van der Waals surface area contributed by atoms with Crippen molar-refractivity contribution in [3.05, 3.63) is 34.9 Å². The summed E-state index contributed by atoms with van der Waals surface area (Å²) in [5.41, 5.74) is 4.20. The van der Waals surface area contributed by atoms with Gasteiger partial charge in [-0.3, -0.25) is 0 Å². The molecule has 0 saturated heterocycles. The van der Waals surface area contributed by atoms with Crippen LogP contribution in [0.1, 0.15) is 75.5 Å². The first-order valence-corrected chi connectivity index (χ1v) is 18.3. The molecular formula is C17H24Cl2Hf. The van der Waals surface area contributed by atoms with Crippen LogP contribution in [-0.2, 0) is 18.6 Å². The molecule has 0 nitrogen and oxygen atoms in total. The zero-order valence-electron chi connectivity index (χ0n) is 12.8. The van der Waals surface area contributed by atoms with Crippen LogP contribution >= 0.6 is 17.2 Å². The zero-order valence-corrected chi connectivity index (χ0v) is 17.9. The predicted octanol–water partition coefficient (Wildman–Crippen LogP) is 6.18. The van der Waals surface area contributed by atoms with E-state index in [1.807, 2.05) is 0 Å². The minimum atomic E-state index is -2.52. The second-order valence-corrected chi connectivity index (χ2v) is 18.1. The molecule has 0 amide bonds. The molecule has 0 unspecified atom stereocenters. The van der Waals surface area contributed by atoms with Gasteiger partial charge in [-0.1, -0.05) is 0 Å². The van der Waals surface area contributed by atoms with Gasteiger partial charge in [0.05, 0.1) is 0 Å². The molecule has 0 radical (unpaired) electrons. The number of hydrogen-bond acceptors (Lipinski definition) is 0. The van der Waals surface area contributed by atoms with Crippen LogP contribution in [0.3, 0.4) is 0 Å². The Morgan fingerprint density at radius 1 is 1.00 bits per heavy atom. The molecule has 1 aliphatic carbocycles. The van der Waals surface area contributed by atoms with Gasteiger partial charge in [-0.25, -0.2) is 0 Å². The van der Waals surface area contributed by atoms with Crippen LogP contribution in [0.5, 0.6) is 0 Å². The number of benzene rings is 1. The van der Waals surface area contributed by atoms with Crippen molar-refractivity contribution in [3.8, 4) is 0 Å². The van der Waals surface area contributed by atoms with E-state index in [0.717, 1.165) is 0 Å². The molecule has 0 aliphatic heterocycles. The first kappa shape index (κ1) is 16.9. The maximum absolute atomic E-state index is 6.49. The molecule has 20 heavy (non-hydrogen) atoms. The van der Waals surface area contributed by atoms with Crippen molar-refractivity contribution in [1.29, 1.82) is 0 Å². The predicted molar refractivity (Wildman–Crippen MR) is 87.8 cm³/mol. The molecule has 0 heterocycles. The fourth-order valence-electron chi connectivity index (χ4n) is 2.69. The Balaban J connectivity index is 2.51. The first-order valence-electron chi connectivity index (χ1n) is 7.60. The zero-order chi connectivity index (χ0) is 14.9. The van der Waals surface area contributed by atoms with Crippen molar-refractivity contribution in [3.63, 3.8) is 0 Å². The summed E-state index contributed by atoms with van der Waals surface area (Å²) in [5, 5.41) is 0. The van der Waals surface area contributed by atoms with Crippen LogP contribution in [0.15, 0.2) is 18.2 Å². The van der Waals surface area contributed by atoms with Gasteiger partial charge in [0.2, 0.25) is 0 Å². The second-order valence-electron chi connectivity index (χ2n) is 6.50. The Morgan fingerprint density at radius 3 is 1.80 bits per heavy atom. The van der Waals surface area contributed by atoms with Gasteiger partial charge in [0.1, 0.15) is 0 Å². The summed E-state index contributed by atoms with van der Waals surface area (Å²) >= 11 is -2.52. The summed E-state index contributed by atoms with van der Waals surface area (Å²) in [5.74, 6) is 1.78. The SMILES string of the molecule is CC(C)c1cc([C](C2CCC2)=[Hf]([Cl])[Cl])cc(C(C)C)c1. The number of rotatable bonds is 4. The van der Waals surface area contributed by atoms with Crippen molar-refractivity contribution in [2.75, 3.05) is 0 Å². The van der Waals surface area contributed by atoms with Crippen molar-refractivity contribution in [2.24, 2.45) is 5.92 Å². The van der Waals surface area contributed by atoms with Gasteiger partial charge in [0.15, 0.2) is 0 Å². The molecule has 2 rings (SSSR count). The van der Waals surface area contributed by atoms with E-state index >= 15 is 0 Å². The molecule has 0 atom stereocenters. The molecule has 1 aliphatic rings. The maximum atomic E-state index is 6.49. The molecule has 110 valence electrons. The van der Waals surface area contributed by atoms with Crippen LogP contribution in [0.2, 0.25) is 0 Å². The Hall–Kier alpha value is 0.540.